The van der Waals surface area contributed by atoms with E-state index in [9.17, 15) is 4.79 Å². The number of esters is 1. The van der Waals surface area contributed by atoms with Gasteiger partial charge in [0, 0.05) is 6.42 Å². The number of carbonyl (C=O) groups excluding carboxylic acids is 1. The maximum Gasteiger partial charge on any atom is 0.305 e. The molecule has 0 aromatic carbocycles. The van der Waals surface area contributed by atoms with Crippen LogP contribution in [0.15, 0.2) is 0 Å². The maximum absolute atomic E-state index is 11.2. The Hall–Kier alpha value is -0.530. The fourth-order valence-corrected chi connectivity index (χ4v) is 1.61. The van der Waals surface area contributed by atoms with Gasteiger partial charge in [-0.2, -0.15) is 0 Å². The van der Waals surface area contributed by atoms with Crippen LogP contribution in [0.5, 0.6) is 0 Å². The number of unbranched alkanes of at least 4 members (excludes halogenated alkanes) is 4. The molecule has 16 heavy (non-hydrogen) atoms. The van der Waals surface area contributed by atoms with E-state index >= 15 is 0 Å². The molecule has 0 N–H and O–H groups in total. The summed E-state index contributed by atoms with van der Waals surface area (Å²) in [6.45, 7) is 7.24. The first-order valence-electron chi connectivity index (χ1n) is 6.82. The molecule has 0 bridgehead atoms. The van der Waals surface area contributed by atoms with Crippen LogP contribution in [0, 0.1) is 5.92 Å². The second kappa shape index (κ2) is 11.0. The molecule has 0 unspecified atom stereocenters. The zero-order valence-electron chi connectivity index (χ0n) is 11.3. The Bertz CT molecular complexity index is 164. The lowest BCUT2D eigenvalue weighted by Gasteiger charge is -2.05. The van der Waals surface area contributed by atoms with Gasteiger partial charge in [-0.1, -0.05) is 52.9 Å². The Morgan fingerprint density at radius 1 is 1.06 bits per heavy atom. The number of carbonyl (C=O) groups is 1. The highest BCUT2D eigenvalue weighted by Gasteiger charge is 2.01. The van der Waals surface area contributed by atoms with E-state index in [0.29, 0.717) is 13.0 Å². The molecule has 2 heteroatoms. The average Bonchev–Trinajstić information content (AvgIpc) is 2.23. The summed E-state index contributed by atoms with van der Waals surface area (Å²) in [5, 5.41) is 0. The van der Waals surface area contributed by atoms with Gasteiger partial charge in [0.25, 0.3) is 0 Å². The monoisotopic (exact) mass is 228 g/mol. The van der Waals surface area contributed by atoms with Crippen molar-refractivity contribution in [1.29, 1.82) is 0 Å². The van der Waals surface area contributed by atoms with E-state index in [1.54, 1.807) is 0 Å². The van der Waals surface area contributed by atoms with Crippen LogP contribution in [0.1, 0.15) is 72.1 Å². The second-order valence-corrected chi connectivity index (χ2v) is 4.92. The normalized spacial score (nSPS) is 10.8. The summed E-state index contributed by atoms with van der Waals surface area (Å²) < 4.78 is 5.16. The molecular weight excluding hydrogens is 200 g/mol. The molecule has 0 spiro atoms. The Balaban J connectivity index is 3.15. The summed E-state index contributed by atoms with van der Waals surface area (Å²) in [4.78, 5) is 11.2. The van der Waals surface area contributed by atoms with Crippen molar-refractivity contribution >= 4 is 5.97 Å². The average molecular weight is 228 g/mol. The first kappa shape index (κ1) is 15.5. The molecule has 0 rings (SSSR count). The molecule has 0 aliphatic heterocycles. The van der Waals surface area contributed by atoms with E-state index in [-0.39, 0.29) is 5.97 Å². The highest BCUT2D eigenvalue weighted by atomic mass is 16.5. The molecule has 0 aliphatic carbocycles. The molecule has 0 aliphatic rings. The third-order valence-electron chi connectivity index (χ3n) is 2.67. The van der Waals surface area contributed by atoms with E-state index in [0.717, 1.165) is 31.6 Å². The van der Waals surface area contributed by atoms with E-state index in [1.807, 2.05) is 0 Å². The highest BCUT2D eigenvalue weighted by molar-refractivity contribution is 5.69. The highest BCUT2D eigenvalue weighted by Crippen LogP contribution is 2.08. The summed E-state index contributed by atoms with van der Waals surface area (Å²) in [7, 11) is 0. The van der Waals surface area contributed by atoms with Gasteiger partial charge in [-0.05, 0) is 18.8 Å². The second-order valence-electron chi connectivity index (χ2n) is 4.92. The smallest absolute Gasteiger partial charge is 0.305 e. The number of hydrogen-bond donors (Lipinski definition) is 0. The fraction of sp³-hybridized carbons (Fsp3) is 0.929. The van der Waals surface area contributed by atoms with Crippen molar-refractivity contribution < 1.29 is 9.53 Å². The molecule has 0 radical (unpaired) electrons. The van der Waals surface area contributed by atoms with E-state index in [2.05, 4.69) is 20.8 Å². The molecular formula is C14H28O2. The minimum Gasteiger partial charge on any atom is -0.466 e. The van der Waals surface area contributed by atoms with Crippen LogP contribution in [-0.4, -0.2) is 12.6 Å². The van der Waals surface area contributed by atoms with Crippen LogP contribution in [0.3, 0.4) is 0 Å². The number of rotatable bonds is 10. The van der Waals surface area contributed by atoms with Crippen LogP contribution in [-0.2, 0) is 9.53 Å². The fourth-order valence-electron chi connectivity index (χ4n) is 1.61. The Labute approximate surface area is 101 Å². The number of ether oxygens (including phenoxy) is 1. The predicted molar refractivity (Wildman–Crippen MR) is 68.4 cm³/mol. The maximum atomic E-state index is 11.2. The third-order valence-corrected chi connectivity index (χ3v) is 2.67. The largest absolute Gasteiger partial charge is 0.466 e. The van der Waals surface area contributed by atoms with E-state index in [1.165, 1.54) is 19.3 Å². The summed E-state index contributed by atoms with van der Waals surface area (Å²) in [5.74, 6) is 0.772. The van der Waals surface area contributed by atoms with Crippen molar-refractivity contribution in [3.63, 3.8) is 0 Å². The van der Waals surface area contributed by atoms with Gasteiger partial charge in [-0.25, -0.2) is 0 Å². The summed E-state index contributed by atoms with van der Waals surface area (Å²) in [5.41, 5.74) is 0. The first-order chi connectivity index (χ1) is 7.66. The van der Waals surface area contributed by atoms with Gasteiger partial charge in [0.15, 0.2) is 0 Å². The predicted octanol–water partition coefficient (Wildman–Crippen LogP) is 4.33. The minimum absolute atomic E-state index is 0.0164. The molecule has 0 aromatic rings. The molecule has 96 valence electrons. The van der Waals surface area contributed by atoms with Gasteiger partial charge in [-0.3, -0.25) is 4.79 Å². The van der Waals surface area contributed by atoms with Crippen molar-refractivity contribution in [2.45, 2.75) is 72.1 Å². The molecule has 0 heterocycles. The van der Waals surface area contributed by atoms with Gasteiger partial charge >= 0.3 is 5.97 Å². The lowest BCUT2D eigenvalue weighted by Crippen LogP contribution is -2.05. The van der Waals surface area contributed by atoms with Gasteiger partial charge in [0.2, 0.25) is 0 Å². The Morgan fingerprint density at radius 3 is 2.44 bits per heavy atom. The molecule has 0 atom stereocenters. The summed E-state index contributed by atoms with van der Waals surface area (Å²) in [6, 6.07) is 0. The molecule has 0 amide bonds. The van der Waals surface area contributed by atoms with Crippen LogP contribution in [0.2, 0.25) is 0 Å². The first-order valence-corrected chi connectivity index (χ1v) is 6.82. The van der Waals surface area contributed by atoms with Crippen molar-refractivity contribution in [1.82, 2.24) is 0 Å². The molecule has 0 fully saturated rings. The van der Waals surface area contributed by atoms with E-state index < -0.39 is 0 Å². The quantitative estimate of drug-likeness (QED) is 0.411. The zero-order chi connectivity index (χ0) is 12.2. The molecule has 0 saturated carbocycles. The Kier molecular flexibility index (Phi) is 10.6. The van der Waals surface area contributed by atoms with Crippen molar-refractivity contribution in [3.05, 3.63) is 0 Å². The van der Waals surface area contributed by atoms with Gasteiger partial charge in [0.1, 0.15) is 0 Å². The van der Waals surface area contributed by atoms with Crippen LogP contribution in [0.25, 0.3) is 0 Å². The zero-order valence-corrected chi connectivity index (χ0v) is 11.3. The number of hydrogen-bond acceptors (Lipinski definition) is 2. The Morgan fingerprint density at radius 2 is 1.81 bits per heavy atom. The standard InChI is InChI=1S/C14H28O2/c1-4-5-7-11-14(15)16-12-9-6-8-10-13(2)3/h13H,4-12H2,1-3H3. The van der Waals surface area contributed by atoms with Gasteiger partial charge in [-0.15, -0.1) is 0 Å². The summed E-state index contributed by atoms with van der Waals surface area (Å²) >= 11 is 0. The third kappa shape index (κ3) is 11.5. The summed E-state index contributed by atoms with van der Waals surface area (Å²) in [6.07, 6.45) is 8.59. The van der Waals surface area contributed by atoms with Crippen molar-refractivity contribution in [3.8, 4) is 0 Å². The van der Waals surface area contributed by atoms with Gasteiger partial charge in [0.05, 0.1) is 6.61 Å². The van der Waals surface area contributed by atoms with Crippen LogP contribution < -0.4 is 0 Å². The molecule has 0 saturated heterocycles. The van der Waals surface area contributed by atoms with Crippen LogP contribution in [0.4, 0.5) is 0 Å². The molecule has 2 nitrogen and oxygen atoms in total. The van der Waals surface area contributed by atoms with Crippen LogP contribution >= 0.6 is 0 Å². The van der Waals surface area contributed by atoms with Crippen molar-refractivity contribution in [2.24, 2.45) is 5.92 Å². The lowest BCUT2D eigenvalue weighted by molar-refractivity contribution is -0.143. The SMILES string of the molecule is CCCCCC(=O)OCCCCCC(C)C. The van der Waals surface area contributed by atoms with E-state index in [4.69, 9.17) is 4.74 Å². The minimum atomic E-state index is -0.0164. The molecule has 0 aromatic heterocycles. The van der Waals surface area contributed by atoms with Gasteiger partial charge < -0.3 is 4.74 Å². The topological polar surface area (TPSA) is 26.3 Å². The lowest BCUT2D eigenvalue weighted by atomic mass is 10.1. The van der Waals surface area contributed by atoms with Crippen molar-refractivity contribution in [2.75, 3.05) is 6.61 Å².